The fraction of sp³-hybridized carbons (Fsp3) is 0.682. The van der Waals surface area contributed by atoms with Gasteiger partial charge in [-0.15, -0.1) is 0 Å². The van der Waals surface area contributed by atoms with Gasteiger partial charge in [0.15, 0.2) is 0 Å². The van der Waals surface area contributed by atoms with Crippen molar-refractivity contribution in [3.63, 3.8) is 0 Å². The number of aliphatic carboxylic acids is 2. The van der Waals surface area contributed by atoms with E-state index in [2.05, 4.69) is 21.3 Å². The van der Waals surface area contributed by atoms with Crippen molar-refractivity contribution in [2.75, 3.05) is 0 Å². The SMILES string of the molecule is CC(C)[C@H](NC(=O)[C@@H](CCC(=O)O)NC(=O)[C@H](C)NC(=O)OC(C)(C)C)C(=O)N[C@H](C=O)CC(=O)O. The van der Waals surface area contributed by atoms with Gasteiger partial charge >= 0.3 is 18.0 Å². The summed E-state index contributed by atoms with van der Waals surface area (Å²) in [5, 5.41) is 27.1. The van der Waals surface area contributed by atoms with Crippen LogP contribution in [0.2, 0.25) is 0 Å². The predicted molar refractivity (Wildman–Crippen MR) is 125 cm³/mol. The summed E-state index contributed by atoms with van der Waals surface area (Å²) in [6.45, 7) is 9.37. The molecule has 0 saturated heterocycles. The van der Waals surface area contributed by atoms with Crippen LogP contribution < -0.4 is 21.3 Å². The zero-order chi connectivity index (χ0) is 28.2. The number of carboxylic acid groups (broad SMARTS) is 2. The van der Waals surface area contributed by atoms with Gasteiger partial charge in [0.2, 0.25) is 17.7 Å². The van der Waals surface area contributed by atoms with Crippen molar-refractivity contribution in [3.8, 4) is 0 Å². The van der Waals surface area contributed by atoms with E-state index < -0.39 is 84.3 Å². The lowest BCUT2D eigenvalue weighted by Gasteiger charge is -2.27. The molecule has 0 aliphatic rings. The second-order valence-corrected chi connectivity index (χ2v) is 9.44. The Morgan fingerprint density at radius 3 is 1.86 bits per heavy atom. The van der Waals surface area contributed by atoms with Crippen molar-refractivity contribution in [3.05, 3.63) is 0 Å². The Balaban J connectivity index is 5.47. The molecule has 0 rings (SSSR count). The number of aldehydes is 1. The van der Waals surface area contributed by atoms with Gasteiger partial charge in [0.1, 0.15) is 30.0 Å². The monoisotopic (exact) mass is 516 g/mol. The number of alkyl carbamates (subject to hydrolysis) is 1. The van der Waals surface area contributed by atoms with Crippen molar-refractivity contribution in [1.29, 1.82) is 0 Å². The Hall–Kier alpha value is -3.71. The fourth-order valence-electron chi connectivity index (χ4n) is 2.77. The lowest BCUT2D eigenvalue weighted by Crippen LogP contribution is -2.58. The molecular formula is C22H36N4O10. The Bertz CT molecular complexity index is 837. The Labute approximate surface area is 208 Å². The second-order valence-electron chi connectivity index (χ2n) is 9.44. The third-order valence-electron chi connectivity index (χ3n) is 4.54. The van der Waals surface area contributed by atoms with Gasteiger partial charge in [-0.05, 0) is 40.0 Å². The Morgan fingerprint density at radius 1 is 0.833 bits per heavy atom. The molecule has 0 spiro atoms. The maximum absolute atomic E-state index is 12.9. The number of ether oxygens (including phenoxy) is 1. The second kappa shape index (κ2) is 14.6. The summed E-state index contributed by atoms with van der Waals surface area (Å²) in [6, 6.07) is -5.08. The molecule has 4 atom stereocenters. The van der Waals surface area contributed by atoms with E-state index in [-0.39, 0.29) is 12.7 Å². The molecule has 0 saturated carbocycles. The molecule has 0 heterocycles. The Morgan fingerprint density at radius 2 is 1.42 bits per heavy atom. The highest BCUT2D eigenvalue weighted by Crippen LogP contribution is 2.08. The summed E-state index contributed by atoms with van der Waals surface area (Å²) in [4.78, 5) is 82.9. The first kappa shape index (κ1) is 32.3. The molecule has 0 aliphatic heterocycles. The number of carbonyl (C=O) groups is 7. The van der Waals surface area contributed by atoms with Crippen molar-refractivity contribution < 1.29 is 48.5 Å². The van der Waals surface area contributed by atoms with Crippen LogP contribution in [0, 0.1) is 5.92 Å². The number of amides is 4. The van der Waals surface area contributed by atoms with Crippen LogP contribution in [0.1, 0.15) is 60.8 Å². The number of hydrogen-bond donors (Lipinski definition) is 6. The van der Waals surface area contributed by atoms with Crippen LogP contribution in [0.5, 0.6) is 0 Å². The van der Waals surface area contributed by atoms with Gasteiger partial charge in [-0.2, -0.15) is 0 Å². The van der Waals surface area contributed by atoms with Crippen LogP contribution in [0.25, 0.3) is 0 Å². The first-order valence-corrected chi connectivity index (χ1v) is 11.3. The van der Waals surface area contributed by atoms with Gasteiger partial charge in [-0.3, -0.25) is 24.0 Å². The lowest BCUT2D eigenvalue weighted by molar-refractivity contribution is -0.140. The number of hydrogen-bond acceptors (Lipinski definition) is 8. The summed E-state index contributed by atoms with van der Waals surface area (Å²) >= 11 is 0. The summed E-state index contributed by atoms with van der Waals surface area (Å²) in [5.74, 6) is -5.59. The fourth-order valence-corrected chi connectivity index (χ4v) is 2.77. The molecule has 6 N–H and O–H groups in total. The zero-order valence-corrected chi connectivity index (χ0v) is 21.2. The minimum atomic E-state index is -1.38. The van der Waals surface area contributed by atoms with Gasteiger partial charge in [0.05, 0.1) is 12.5 Å². The summed E-state index contributed by atoms with van der Waals surface area (Å²) in [5.41, 5.74) is -0.816. The molecule has 0 aromatic carbocycles. The smallest absolute Gasteiger partial charge is 0.408 e. The van der Waals surface area contributed by atoms with Gasteiger partial charge in [-0.1, -0.05) is 13.8 Å². The molecule has 0 fully saturated rings. The molecule has 14 heteroatoms. The standard InChI is InChI=1S/C22H36N4O10/c1-11(2)17(20(34)24-13(10-27)9-16(30)31)26-19(33)14(7-8-15(28)29)25-18(32)12(3)23-21(35)36-22(4,5)6/h10-14,17H,7-9H2,1-6H3,(H,23,35)(H,24,34)(H,25,32)(H,26,33)(H,28,29)(H,30,31)/t12-,13-,14+,17-/m0/s1. The van der Waals surface area contributed by atoms with E-state index in [1.807, 2.05) is 0 Å². The van der Waals surface area contributed by atoms with Crippen LogP contribution >= 0.6 is 0 Å². The highest BCUT2D eigenvalue weighted by Gasteiger charge is 2.31. The van der Waals surface area contributed by atoms with E-state index in [0.717, 1.165) is 0 Å². The average molecular weight is 517 g/mol. The summed E-state index contributed by atoms with van der Waals surface area (Å²) in [7, 11) is 0. The molecule has 0 aromatic heterocycles. The minimum Gasteiger partial charge on any atom is -0.481 e. The van der Waals surface area contributed by atoms with Gasteiger partial charge in [0, 0.05) is 6.42 Å². The molecule has 204 valence electrons. The van der Waals surface area contributed by atoms with Gasteiger partial charge < -0.3 is 41.0 Å². The van der Waals surface area contributed by atoms with Crippen LogP contribution in [-0.4, -0.2) is 82.0 Å². The molecule has 0 unspecified atom stereocenters. The first-order valence-electron chi connectivity index (χ1n) is 11.3. The number of carboxylic acids is 2. The van der Waals surface area contributed by atoms with E-state index in [9.17, 15) is 33.6 Å². The zero-order valence-electron chi connectivity index (χ0n) is 21.2. The van der Waals surface area contributed by atoms with Crippen LogP contribution in [0.3, 0.4) is 0 Å². The maximum Gasteiger partial charge on any atom is 0.408 e. The quantitative estimate of drug-likeness (QED) is 0.163. The molecular weight excluding hydrogens is 480 g/mol. The number of carbonyl (C=O) groups excluding carboxylic acids is 5. The topological polar surface area (TPSA) is 217 Å². The van der Waals surface area contributed by atoms with E-state index in [1.54, 1.807) is 34.6 Å². The molecule has 0 radical (unpaired) electrons. The third-order valence-corrected chi connectivity index (χ3v) is 4.54. The van der Waals surface area contributed by atoms with Crippen LogP contribution in [0.4, 0.5) is 4.79 Å². The third kappa shape index (κ3) is 13.2. The molecule has 4 amide bonds. The molecule has 14 nitrogen and oxygen atoms in total. The lowest BCUT2D eigenvalue weighted by atomic mass is 10.0. The van der Waals surface area contributed by atoms with Crippen molar-refractivity contribution in [1.82, 2.24) is 21.3 Å². The van der Waals surface area contributed by atoms with E-state index in [1.165, 1.54) is 6.92 Å². The van der Waals surface area contributed by atoms with E-state index >= 15 is 0 Å². The minimum absolute atomic E-state index is 0.250. The number of rotatable bonds is 14. The predicted octanol–water partition coefficient (Wildman–Crippen LogP) is -0.452. The van der Waals surface area contributed by atoms with Gasteiger partial charge in [-0.25, -0.2) is 4.79 Å². The summed E-state index contributed by atoms with van der Waals surface area (Å²) < 4.78 is 5.07. The highest BCUT2D eigenvalue weighted by atomic mass is 16.6. The van der Waals surface area contributed by atoms with Crippen LogP contribution in [0.15, 0.2) is 0 Å². The highest BCUT2D eigenvalue weighted by molar-refractivity contribution is 5.94. The summed E-state index contributed by atoms with van der Waals surface area (Å²) in [6.07, 6.45) is -2.10. The normalized spacial score (nSPS) is 14.4. The van der Waals surface area contributed by atoms with Gasteiger partial charge in [0.25, 0.3) is 0 Å². The molecule has 0 bridgehead atoms. The molecule has 36 heavy (non-hydrogen) atoms. The largest absolute Gasteiger partial charge is 0.481 e. The number of nitrogens with one attached hydrogen (secondary N) is 4. The van der Waals surface area contributed by atoms with Crippen molar-refractivity contribution >= 4 is 42.0 Å². The van der Waals surface area contributed by atoms with Crippen molar-refractivity contribution in [2.45, 2.75) is 90.6 Å². The Kier molecular flexibility index (Phi) is 13.1. The van der Waals surface area contributed by atoms with E-state index in [0.29, 0.717) is 0 Å². The molecule has 0 aromatic rings. The average Bonchev–Trinajstić information content (AvgIpc) is 2.71. The van der Waals surface area contributed by atoms with Crippen molar-refractivity contribution in [2.24, 2.45) is 5.92 Å². The van der Waals surface area contributed by atoms with Crippen LogP contribution in [-0.2, 0) is 33.5 Å². The first-order chi connectivity index (χ1) is 16.5. The maximum atomic E-state index is 12.9. The van der Waals surface area contributed by atoms with E-state index in [4.69, 9.17) is 14.9 Å². The molecule has 0 aliphatic carbocycles.